The summed E-state index contributed by atoms with van der Waals surface area (Å²) in [6, 6.07) is 4.37. The van der Waals surface area contributed by atoms with E-state index >= 15 is 0 Å². The summed E-state index contributed by atoms with van der Waals surface area (Å²) in [6.45, 7) is 5.70. The number of carbonyl (C=O) groups excluding carboxylic acids is 1. The standard InChI is InChI=1S/C22H23FN6O2/c1-12-7-15-11-22(10-12,20-26-14(3)28-31-20)29(15)21(30)27-18-9-16(13(2)8-17(18)23)19-24-5-4-6-25-19/h4-6,8-9,12,15H,7,10-11H2,1-3H3,(H,27,30)/t12-,15+,22-/m1/s1. The largest absolute Gasteiger partial charge is 0.337 e. The highest BCUT2D eigenvalue weighted by Crippen LogP contribution is 2.55. The van der Waals surface area contributed by atoms with Crippen LogP contribution in [0.5, 0.6) is 0 Å². The molecule has 31 heavy (non-hydrogen) atoms. The number of nitrogens with zero attached hydrogens (tertiary/aromatic N) is 5. The zero-order chi connectivity index (χ0) is 21.8. The summed E-state index contributed by atoms with van der Waals surface area (Å²) in [6.07, 6.45) is 5.65. The van der Waals surface area contributed by atoms with E-state index in [0.717, 1.165) is 19.3 Å². The van der Waals surface area contributed by atoms with Gasteiger partial charge in [-0.05, 0) is 56.4 Å². The van der Waals surface area contributed by atoms with Crippen LogP contribution in [0.15, 0.2) is 35.1 Å². The second-order valence-corrected chi connectivity index (χ2v) is 8.60. The minimum atomic E-state index is -0.639. The lowest BCUT2D eigenvalue weighted by Crippen LogP contribution is -2.70. The van der Waals surface area contributed by atoms with Crippen LogP contribution in [-0.4, -0.2) is 37.1 Å². The van der Waals surface area contributed by atoms with E-state index in [-0.39, 0.29) is 17.8 Å². The predicted molar refractivity (Wildman–Crippen MR) is 111 cm³/mol. The molecule has 1 N–H and O–H groups in total. The number of carbonyl (C=O) groups is 1. The summed E-state index contributed by atoms with van der Waals surface area (Å²) in [7, 11) is 0. The Labute approximate surface area is 178 Å². The molecule has 2 amide bonds. The Kier molecular flexibility index (Phi) is 4.49. The van der Waals surface area contributed by atoms with Gasteiger partial charge in [-0.1, -0.05) is 12.1 Å². The molecule has 160 valence electrons. The number of piperidine rings is 1. The van der Waals surface area contributed by atoms with Crippen molar-refractivity contribution in [3.05, 3.63) is 53.7 Å². The summed E-state index contributed by atoms with van der Waals surface area (Å²) >= 11 is 0. The van der Waals surface area contributed by atoms with Crippen LogP contribution in [0.25, 0.3) is 11.4 Å². The SMILES string of the molecule is Cc1noc([C@@]23C[C@H](C)C[C@@H](C2)N3C(=O)Nc2cc(-c3ncccn3)c(C)cc2F)n1. The minimum absolute atomic E-state index is 0.0568. The average molecular weight is 422 g/mol. The molecule has 1 saturated carbocycles. The highest BCUT2D eigenvalue weighted by atomic mass is 19.1. The van der Waals surface area contributed by atoms with E-state index in [1.807, 2.05) is 0 Å². The Morgan fingerprint density at radius 2 is 2.03 bits per heavy atom. The van der Waals surface area contributed by atoms with Crippen LogP contribution >= 0.6 is 0 Å². The van der Waals surface area contributed by atoms with Gasteiger partial charge >= 0.3 is 6.03 Å². The minimum Gasteiger partial charge on any atom is -0.337 e. The van der Waals surface area contributed by atoms with Crippen LogP contribution < -0.4 is 5.32 Å². The van der Waals surface area contributed by atoms with Gasteiger partial charge in [0.2, 0.25) is 0 Å². The summed E-state index contributed by atoms with van der Waals surface area (Å²) in [4.78, 5) is 28.0. The van der Waals surface area contributed by atoms with Gasteiger partial charge in [0.25, 0.3) is 5.89 Å². The number of aryl methyl sites for hydroxylation is 2. The number of benzene rings is 1. The van der Waals surface area contributed by atoms with Crippen LogP contribution in [0.3, 0.4) is 0 Å². The van der Waals surface area contributed by atoms with Crippen molar-refractivity contribution in [1.82, 2.24) is 25.0 Å². The lowest BCUT2D eigenvalue weighted by atomic mass is 9.64. The van der Waals surface area contributed by atoms with E-state index in [1.165, 1.54) is 6.07 Å². The highest BCUT2D eigenvalue weighted by Gasteiger charge is 2.62. The normalized spacial score (nSPS) is 24.6. The number of fused-ring (bicyclic) bond motifs is 2. The molecular formula is C22H23FN6O2. The summed E-state index contributed by atoms with van der Waals surface area (Å²) in [5.74, 6) is 1.37. The maximum Gasteiger partial charge on any atom is 0.323 e. The van der Waals surface area contributed by atoms with Crippen LogP contribution in [-0.2, 0) is 5.54 Å². The van der Waals surface area contributed by atoms with E-state index < -0.39 is 11.4 Å². The number of aromatic nitrogens is 4. The zero-order valence-electron chi connectivity index (χ0n) is 17.6. The van der Waals surface area contributed by atoms with Crippen molar-refractivity contribution in [3.63, 3.8) is 0 Å². The Balaban J connectivity index is 1.46. The van der Waals surface area contributed by atoms with Crippen LogP contribution in [0.2, 0.25) is 0 Å². The Hall–Kier alpha value is -3.36. The van der Waals surface area contributed by atoms with E-state index in [2.05, 4.69) is 32.3 Å². The van der Waals surface area contributed by atoms with Gasteiger partial charge in [0, 0.05) is 30.4 Å². The Morgan fingerprint density at radius 3 is 2.74 bits per heavy atom. The van der Waals surface area contributed by atoms with E-state index in [0.29, 0.717) is 34.6 Å². The van der Waals surface area contributed by atoms with Crippen molar-refractivity contribution < 1.29 is 13.7 Å². The summed E-state index contributed by atoms with van der Waals surface area (Å²) in [5.41, 5.74) is 0.805. The molecule has 8 nitrogen and oxygen atoms in total. The van der Waals surface area contributed by atoms with Crippen molar-refractivity contribution in [3.8, 4) is 11.4 Å². The number of rotatable bonds is 3. The first kappa shape index (κ1) is 19.6. The van der Waals surface area contributed by atoms with Crippen molar-refractivity contribution in [2.45, 2.75) is 51.6 Å². The first-order valence-corrected chi connectivity index (χ1v) is 10.4. The van der Waals surface area contributed by atoms with Gasteiger partial charge in [0.15, 0.2) is 11.6 Å². The maximum atomic E-state index is 14.8. The number of urea groups is 1. The average Bonchev–Trinajstić information content (AvgIpc) is 3.17. The van der Waals surface area contributed by atoms with Gasteiger partial charge < -0.3 is 14.7 Å². The number of nitrogens with one attached hydrogen (secondary N) is 1. The van der Waals surface area contributed by atoms with Crippen molar-refractivity contribution in [2.75, 3.05) is 5.32 Å². The number of amides is 2. The third-order valence-corrected chi connectivity index (χ3v) is 6.27. The Bertz CT molecular complexity index is 1150. The summed E-state index contributed by atoms with van der Waals surface area (Å²) < 4.78 is 20.2. The molecule has 1 aromatic carbocycles. The molecule has 1 saturated heterocycles. The first-order valence-electron chi connectivity index (χ1n) is 10.4. The first-order chi connectivity index (χ1) is 14.9. The molecule has 0 spiro atoms. The lowest BCUT2D eigenvalue weighted by molar-refractivity contribution is -0.112. The predicted octanol–water partition coefficient (Wildman–Crippen LogP) is 4.21. The van der Waals surface area contributed by atoms with Crippen LogP contribution in [0, 0.1) is 25.6 Å². The molecule has 9 heteroatoms. The van der Waals surface area contributed by atoms with Gasteiger partial charge in [-0.2, -0.15) is 4.98 Å². The summed E-state index contributed by atoms with van der Waals surface area (Å²) in [5, 5.41) is 6.68. The van der Waals surface area contributed by atoms with Gasteiger partial charge in [-0.15, -0.1) is 0 Å². The maximum absolute atomic E-state index is 14.8. The number of halogens is 1. The van der Waals surface area contributed by atoms with Crippen molar-refractivity contribution in [2.24, 2.45) is 5.92 Å². The molecule has 3 atom stereocenters. The topological polar surface area (TPSA) is 97.0 Å². The third kappa shape index (κ3) is 3.15. The van der Waals surface area contributed by atoms with E-state index in [4.69, 9.17) is 4.52 Å². The molecule has 2 bridgehead atoms. The highest BCUT2D eigenvalue weighted by molar-refractivity contribution is 5.92. The molecule has 1 aliphatic heterocycles. The van der Waals surface area contributed by atoms with E-state index in [1.54, 1.807) is 43.3 Å². The number of hydrogen-bond donors (Lipinski definition) is 1. The second kappa shape index (κ2) is 7.11. The van der Waals surface area contributed by atoms with Crippen LogP contribution in [0.4, 0.5) is 14.9 Å². The Morgan fingerprint density at radius 1 is 1.26 bits per heavy atom. The van der Waals surface area contributed by atoms with Gasteiger partial charge in [-0.3, -0.25) is 0 Å². The van der Waals surface area contributed by atoms with E-state index in [9.17, 15) is 9.18 Å². The second-order valence-electron chi connectivity index (χ2n) is 8.60. The molecule has 2 aliphatic rings. The quantitative estimate of drug-likeness (QED) is 0.679. The van der Waals surface area contributed by atoms with Gasteiger partial charge in [0.1, 0.15) is 11.4 Å². The molecule has 1 aliphatic carbocycles. The fraction of sp³-hybridized carbons (Fsp3) is 0.409. The molecule has 2 aromatic heterocycles. The fourth-order valence-corrected chi connectivity index (χ4v) is 5.06. The molecular weight excluding hydrogens is 399 g/mol. The van der Waals surface area contributed by atoms with Crippen molar-refractivity contribution in [1.29, 1.82) is 0 Å². The molecule has 0 radical (unpaired) electrons. The molecule has 0 unspecified atom stereocenters. The van der Waals surface area contributed by atoms with Crippen LogP contribution in [0.1, 0.15) is 43.5 Å². The number of likely N-dealkylation sites (tertiary alicyclic amines) is 1. The molecule has 2 fully saturated rings. The number of hydrogen-bond acceptors (Lipinski definition) is 6. The van der Waals surface area contributed by atoms with Gasteiger partial charge in [0.05, 0.1) is 5.69 Å². The monoisotopic (exact) mass is 422 g/mol. The fourth-order valence-electron chi connectivity index (χ4n) is 5.06. The number of anilines is 1. The van der Waals surface area contributed by atoms with Crippen molar-refractivity contribution >= 4 is 11.7 Å². The zero-order valence-corrected chi connectivity index (χ0v) is 17.6. The molecule has 3 heterocycles. The molecule has 3 aromatic rings. The smallest absolute Gasteiger partial charge is 0.323 e. The lowest BCUT2D eigenvalue weighted by Gasteiger charge is -2.61. The molecule has 5 rings (SSSR count). The van der Waals surface area contributed by atoms with Gasteiger partial charge in [-0.25, -0.2) is 19.2 Å². The third-order valence-electron chi connectivity index (χ3n) is 6.27.